The molecule has 0 spiro atoms. The summed E-state index contributed by atoms with van der Waals surface area (Å²) >= 11 is 0. The van der Waals surface area contributed by atoms with Crippen LogP contribution in [-0.2, 0) is 4.79 Å². The number of carboxylic acid groups (broad SMARTS) is 1. The molecular weight excluding hydrogens is 205 g/mol. The van der Waals surface area contributed by atoms with Gasteiger partial charge in [-0.05, 0) is 18.2 Å². The fourth-order valence-electron chi connectivity index (χ4n) is 0.944. The quantitative estimate of drug-likeness (QED) is 0.756. The van der Waals surface area contributed by atoms with Crippen molar-refractivity contribution in [1.29, 1.82) is 0 Å². The lowest BCUT2D eigenvalue weighted by Crippen LogP contribution is -2.20. The smallest absolute Gasteiger partial charge is 0.339 e. The van der Waals surface area contributed by atoms with E-state index in [4.69, 9.17) is 15.6 Å². The van der Waals surface area contributed by atoms with Gasteiger partial charge in [-0.1, -0.05) is 0 Å². The third-order valence-corrected chi connectivity index (χ3v) is 1.54. The molecule has 0 saturated heterocycles. The van der Waals surface area contributed by atoms with E-state index >= 15 is 0 Å². The topological polar surface area (TPSA) is 89.6 Å². The number of amides is 1. The Balaban J connectivity index is 2.95. The molecule has 80 valence electrons. The molecule has 0 saturated carbocycles. The van der Waals surface area contributed by atoms with E-state index in [2.05, 4.69) is 0 Å². The Morgan fingerprint density at radius 1 is 1.47 bits per heavy atom. The largest absolute Gasteiger partial charge is 0.483 e. The van der Waals surface area contributed by atoms with Crippen molar-refractivity contribution in [2.24, 2.45) is 5.73 Å². The summed E-state index contributed by atoms with van der Waals surface area (Å²) < 4.78 is 17.5. The number of halogens is 1. The molecule has 1 aromatic carbocycles. The molecule has 3 N–H and O–H groups in total. The average Bonchev–Trinajstić information content (AvgIpc) is 2.15. The Bertz CT molecular complexity index is 405. The maximum Gasteiger partial charge on any atom is 0.339 e. The third kappa shape index (κ3) is 2.94. The fourth-order valence-corrected chi connectivity index (χ4v) is 0.944. The highest BCUT2D eigenvalue weighted by atomic mass is 19.1. The second kappa shape index (κ2) is 4.41. The molecule has 0 fully saturated rings. The van der Waals surface area contributed by atoms with Crippen LogP contribution in [0.1, 0.15) is 10.4 Å². The van der Waals surface area contributed by atoms with E-state index in [0.29, 0.717) is 0 Å². The Morgan fingerprint density at radius 3 is 2.67 bits per heavy atom. The van der Waals surface area contributed by atoms with Gasteiger partial charge >= 0.3 is 5.97 Å². The average molecular weight is 213 g/mol. The molecule has 1 rings (SSSR count). The first-order valence-corrected chi connectivity index (χ1v) is 3.94. The number of hydrogen-bond donors (Lipinski definition) is 2. The van der Waals surface area contributed by atoms with E-state index in [1.807, 2.05) is 0 Å². The minimum Gasteiger partial charge on any atom is -0.483 e. The molecule has 6 heteroatoms. The van der Waals surface area contributed by atoms with Crippen molar-refractivity contribution in [2.45, 2.75) is 0 Å². The number of primary amides is 1. The van der Waals surface area contributed by atoms with E-state index < -0.39 is 24.3 Å². The Kier molecular flexibility index (Phi) is 3.22. The highest BCUT2D eigenvalue weighted by Gasteiger charge is 2.12. The molecule has 15 heavy (non-hydrogen) atoms. The first kappa shape index (κ1) is 11.0. The molecule has 0 heterocycles. The summed E-state index contributed by atoms with van der Waals surface area (Å²) in [6.07, 6.45) is 0. The molecule has 0 radical (unpaired) electrons. The van der Waals surface area contributed by atoms with Crippen LogP contribution in [0.5, 0.6) is 5.75 Å². The summed E-state index contributed by atoms with van der Waals surface area (Å²) in [6, 6.07) is 2.96. The summed E-state index contributed by atoms with van der Waals surface area (Å²) in [5.74, 6) is -2.87. The van der Waals surface area contributed by atoms with E-state index in [1.165, 1.54) is 0 Å². The zero-order valence-electron chi connectivity index (χ0n) is 7.57. The van der Waals surface area contributed by atoms with Gasteiger partial charge in [0.1, 0.15) is 17.1 Å². The summed E-state index contributed by atoms with van der Waals surface area (Å²) in [7, 11) is 0. The summed E-state index contributed by atoms with van der Waals surface area (Å²) in [6.45, 7) is -0.452. The number of carbonyl (C=O) groups is 2. The van der Waals surface area contributed by atoms with Crippen LogP contribution < -0.4 is 10.5 Å². The van der Waals surface area contributed by atoms with Gasteiger partial charge < -0.3 is 15.6 Å². The van der Waals surface area contributed by atoms with Gasteiger partial charge in [-0.25, -0.2) is 9.18 Å². The van der Waals surface area contributed by atoms with Gasteiger partial charge in [0, 0.05) is 0 Å². The van der Waals surface area contributed by atoms with Gasteiger partial charge in [0.05, 0.1) is 0 Å². The molecule has 1 amide bonds. The van der Waals surface area contributed by atoms with E-state index in [-0.39, 0.29) is 11.3 Å². The van der Waals surface area contributed by atoms with Crippen LogP contribution in [0.2, 0.25) is 0 Å². The number of rotatable bonds is 4. The summed E-state index contributed by atoms with van der Waals surface area (Å²) in [4.78, 5) is 21.1. The van der Waals surface area contributed by atoms with Crippen LogP contribution in [0.25, 0.3) is 0 Å². The van der Waals surface area contributed by atoms with Crippen molar-refractivity contribution in [1.82, 2.24) is 0 Å². The molecule has 0 bridgehead atoms. The van der Waals surface area contributed by atoms with Crippen molar-refractivity contribution in [3.05, 3.63) is 29.6 Å². The number of ether oxygens (including phenoxy) is 1. The van der Waals surface area contributed by atoms with Gasteiger partial charge in [0.15, 0.2) is 6.61 Å². The van der Waals surface area contributed by atoms with Crippen LogP contribution >= 0.6 is 0 Å². The molecule has 0 unspecified atom stereocenters. The summed E-state index contributed by atoms with van der Waals surface area (Å²) in [5.41, 5.74) is 4.46. The highest BCUT2D eigenvalue weighted by molar-refractivity contribution is 5.91. The van der Waals surface area contributed by atoms with Crippen LogP contribution in [-0.4, -0.2) is 23.6 Å². The number of hydrogen-bond acceptors (Lipinski definition) is 3. The standard InChI is InChI=1S/C9H8FNO4/c10-5-1-2-7(15-4-8(11)12)6(3-5)9(13)14/h1-3H,4H2,(H2,11,12)(H,13,14). The lowest BCUT2D eigenvalue weighted by atomic mass is 10.2. The fraction of sp³-hybridized carbons (Fsp3) is 0.111. The van der Waals surface area contributed by atoms with Crippen LogP contribution in [0.3, 0.4) is 0 Å². The predicted octanol–water partition coefficient (Wildman–Crippen LogP) is 0.388. The molecule has 5 nitrogen and oxygen atoms in total. The minimum absolute atomic E-state index is 0.0947. The van der Waals surface area contributed by atoms with Crippen LogP contribution in [0, 0.1) is 5.82 Å². The third-order valence-electron chi connectivity index (χ3n) is 1.54. The van der Waals surface area contributed by atoms with Crippen molar-refractivity contribution >= 4 is 11.9 Å². The summed E-state index contributed by atoms with van der Waals surface area (Å²) in [5, 5.41) is 8.69. The van der Waals surface area contributed by atoms with Gasteiger partial charge in [0.25, 0.3) is 5.91 Å². The van der Waals surface area contributed by atoms with Gasteiger partial charge in [-0.15, -0.1) is 0 Å². The normalized spacial score (nSPS) is 9.67. The Morgan fingerprint density at radius 2 is 2.13 bits per heavy atom. The number of nitrogens with two attached hydrogens (primary N) is 1. The number of benzene rings is 1. The molecular formula is C9H8FNO4. The van der Waals surface area contributed by atoms with E-state index in [0.717, 1.165) is 18.2 Å². The second-order valence-corrected chi connectivity index (χ2v) is 2.70. The first-order valence-electron chi connectivity index (χ1n) is 3.94. The lowest BCUT2D eigenvalue weighted by Gasteiger charge is -2.06. The van der Waals surface area contributed by atoms with Crippen molar-refractivity contribution in [3.8, 4) is 5.75 Å². The molecule has 0 aliphatic heterocycles. The van der Waals surface area contributed by atoms with Crippen molar-refractivity contribution in [3.63, 3.8) is 0 Å². The number of carbonyl (C=O) groups excluding carboxylic acids is 1. The maximum absolute atomic E-state index is 12.7. The molecule has 0 aliphatic rings. The monoisotopic (exact) mass is 213 g/mol. The molecule has 1 aromatic rings. The maximum atomic E-state index is 12.7. The second-order valence-electron chi connectivity index (χ2n) is 2.70. The first-order chi connectivity index (χ1) is 7.00. The Labute approximate surface area is 84.3 Å². The molecule has 0 aromatic heterocycles. The molecule has 0 aliphatic carbocycles. The zero-order valence-corrected chi connectivity index (χ0v) is 7.57. The SMILES string of the molecule is NC(=O)COc1ccc(F)cc1C(=O)O. The minimum atomic E-state index is -1.34. The van der Waals surface area contributed by atoms with Crippen LogP contribution in [0.4, 0.5) is 4.39 Å². The van der Waals surface area contributed by atoms with E-state index in [9.17, 15) is 14.0 Å². The zero-order chi connectivity index (χ0) is 11.4. The number of aromatic carboxylic acids is 1. The van der Waals surface area contributed by atoms with Gasteiger partial charge in [-0.2, -0.15) is 0 Å². The van der Waals surface area contributed by atoms with Crippen LogP contribution in [0.15, 0.2) is 18.2 Å². The Hall–Kier alpha value is -2.11. The van der Waals surface area contributed by atoms with Gasteiger partial charge in [0.2, 0.25) is 0 Å². The predicted molar refractivity (Wildman–Crippen MR) is 48.0 cm³/mol. The van der Waals surface area contributed by atoms with E-state index in [1.54, 1.807) is 0 Å². The highest BCUT2D eigenvalue weighted by Crippen LogP contribution is 2.19. The van der Waals surface area contributed by atoms with Crippen molar-refractivity contribution < 1.29 is 23.8 Å². The molecule has 0 atom stereocenters. The number of carboxylic acids is 1. The van der Waals surface area contributed by atoms with Crippen molar-refractivity contribution in [2.75, 3.05) is 6.61 Å². The lowest BCUT2D eigenvalue weighted by molar-refractivity contribution is -0.119. The van der Waals surface area contributed by atoms with Gasteiger partial charge in [-0.3, -0.25) is 4.79 Å².